The van der Waals surface area contributed by atoms with Gasteiger partial charge in [0.2, 0.25) is 5.88 Å². The third-order valence-electron chi connectivity index (χ3n) is 7.12. The van der Waals surface area contributed by atoms with Crippen LogP contribution in [0.5, 0.6) is 17.4 Å². The van der Waals surface area contributed by atoms with Gasteiger partial charge in [0.25, 0.3) is 5.56 Å². The largest absolute Gasteiger partial charge is 0.473 e. The Bertz CT molecular complexity index is 1810. The van der Waals surface area contributed by atoms with E-state index < -0.39 is 23.0 Å². The number of likely N-dealkylation sites (tertiary alicyclic amines) is 1. The van der Waals surface area contributed by atoms with Crippen molar-refractivity contribution < 1.29 is 23.0 Å². The van der Waals surface area contributed by atoms with Crippen molar-refractivity contribution in [2.24, 2.45) is 0 Å². The van der Waals surface area contributed by atoms with E-state index in [9.17, 15) is 14.0 Å². The van der Waals surface area contributed by atoms with Crippen LogP contribution in [-0.4, -0.2) is 61.7 Å². The zero-order valence-corrected chi connectivity index (χ0v) is 22.6. The molecule has 1 aliphatic rings. The lowest BCUT2D eigenvalue weighted by molar-refractivity contribution is 0.0986. The van der Waals surface area contributed by atoms with E-state index in [2.05, 4.69) is 32.1 Å². The van der Waals surface area contributed by atoms with Gasteiger partial charge in [-0.15, -0.1) is 5.10 Å². The highest BCUT2D eigenvalue weighted by atomic mass is 19.1. The maximum absolute atomic E-state index is 15.2. The molecule has 0 spiro atoms. The molecule has 0 bridgehead atoms. The normalized spacial score (nSPS) is 14.3. The SMILES string of the molecule is CN1CCC(Oc2n[nH]c3nccc(Oc4ccc(CC(=O)c5nccn(-c6ccc(F)cc6)c5=O)cc4F)c23)CC1. The van der Waals surface area contributed by atoms with E-state index in [1.165, 1.54) is 59.6 Å². The van der Waals surface area contributed by atoms with E-state index in [1.807, 2.05) is 0 Å². The monoisotopic (exact) mass is 572 g/mol. The molecule has 0 amide bonds. The summed E-state index contributed by atoms with van der Waals surface area (Å²) in [5, 5.41) is 7.60. The number of aromatic nitrogens is 5. The summed E-state index contributed by atoms with van der Waals surface area (Å²) in [6, 6.07) is 11.0. The van der Waals surface area contributed by atoms with Crippen LogP contribution in [0, 0.1) is 11.6 Å². The predicted octanol–water partition coefficient (Wildman–Crippen LogP) is 4.47. The van der Waals surface area contributed by atoms with Crippen LogP contribution in [0.4, 0.5) is 8.78 Å². The Morgan fingerprint density at radius 2 is 1.81 bits per heavy atom. The molecule has 3 aromatic heterocycles. The first-order valence-electron chi connectivity index (χ1n) is 13.4. The van der Waals surface area contributed by atoms with Gasteiger partial charge in [-0.3, -0.25) is 19.3 Å². The van der Waals surface area contributed by atoms with Crippen LogP contribution in [0.3, 0.4) is 0 Å². The minimum absolute atomic E-state index is 0.00627. The lowest BCUT2D eigenvalue weighted by Gasteiger charge is -2.28. The summed E-state index contributed by atoms with van der Waals surface area (Å²) in [7, 11) is 2.07. The molecule has 0 radical (unpaired) electrons. The van der Waals surface area contributed by atoms with Crippen molar-refractivity contribution in [1.29, 1.82) is 0 Å². The molecule has 12 heteroatoms. The molecule has 1 fully saturated rings. The number of carbonyl (C=O) groups excluding carboxylic acids is 1. The van der Waals surface area contributed by atoms with E-state index in [1.54, 1.807) is 12.1 Å². The first kappa shape index (κ1) is 27.2. The second-order valence-electron chi connectivity index (χ2n) is 10.1. The van der Waals surface area contributed by atoms with Gasteiger partial charge in [0.1, 0.15) is 23.1 Å². The molecule has 1 aliphatic heterocycles. The van der Waals surface area contributed by atoms with Crippen LogP contribution in [0.25, 0.3) is 16.7 Å². The van der Waals surface area contributed by atoms with Crippen LogP contribution >= 0.6 is 0 Å². The standard InChI is InChI=1S/C30H26F2N6O4/c1-37-13-9-21(10-14-37)41-29-26-25(8-11-34-28(26)35-36-29)42-24-7-2-18(16-22(24)32)17-23(39)27-30(40)38(15-12-33-27)20-5-3-19(31)4-6-20/h2-8,11-12,15-16,21H,9-10,13-14,17H2,1H3,(H,34,35,36). The highest BCUT2D eigenvalue weighted by Crippen LogP contribution is 2.36. The number of ether oxygens (including phenoxy) is 2. The minimum atomic E-state index is -0.698. The Hall–Kier alpha value is -4.97. The van der Waals surface area contributed by atoms with E-state index in [0.717, 1.165) is 25.9 Å². The fourth-order valence-corrected chi connectivity index (χ4v) is 4.86. The third-order valence-corrected chi connectivity index (χ3v) is 7.12. The first-order chi connectivity index (χ1) is 20.4. The number of H-pyrrole nitrogens is 1. The number of fused-ring (bicyclic) bond motifs is 1. The Morgan fingerprint density at radius 3 is 2.57 bits per heavy atom. The molecule has 1 saturated heterocycles. The molecule has 2 aromatic carbocycles. The minimum Gasteiger partial charge on any atom is -0.473 e. The number of halogens is 2. The Morgan fingerprint density at radius 1 is 1.02 bits per heavy atom. The molecule has 42 heavy (non-hydrogen) atoms. The molecule has 4 heterocycles. The van der Waals surface area contributed by atoms with Crippen molar-refractivity contribution >= 4 is 16.8 Å². The second kappa shape index (κ2) is 11.5. The summed E-state index contributed by atoms with van der Waals surface area (Å²) in [4.78, 5) is 36.4. The number of ketones is 1. The third kappa shape index (κ3) is 5.61. The van der Waals surface area contributed by atoms with E-state index in [4.69, 9.17) is 9.47 Å². The molecule has 1 N–H and O–H groups in total. The predicted molar refractivity (Wildman–Crippen MR) is 149 cm³/mol. The fourth-order valence-electron chi connectivity index (χ4n) is 4.86. The van der Waals surface area contributed by atoms with Gasteiger partial charge in [-0.1, -0.05) is 6.07 Å². The number of pyridine rings is 1. The topological polar surface area (TPSA) is 115 Å². The van der Waals surface area contributed by atoms with Crippen molar-refractivity contribution in [1.82, 2.24) is 29.6 Å². The molecule has 0 unspecified atom stereocenters. The van der Waals surface area contributed by atoms with Crippen molar-refractivity contribution in [2.75, 3.05) is 20.1 Å². The molecule has 0 saturated carbocycles. The van der Waals surface area contributed by atoms with Crippen molar-refractivity contribution in [2.45, 2.75) is 25.4 Å². The second-order valence-corrected chi connectivity index (χ2v) is 10.1. The summed E-state index contributed by atoms with van der Waals surface area (Å²) in [5.74, 6) is -1.15. The zero-order chi connectivity index (χ0) is 29.2. The van der Waals surface area contributed by atoms with Crippen LogP contribution in [0.15, 0.2) is 71.9 Å². The molecule has 214 valence electrons. The zero-order valence-electron chi connectivity index (χ0n) is 22.6. The lowest BCUT2D eigenvalue weighted by atomic mass is 10.1. The van der Waals surface area contributed by atoms with Gasteiger partial charge in [-0.2, -0.15) is 0 Å². The molecule has 6 rings (SSSR count). The highest BCUT2D eigenvalue weighted by Gasteiger charge is 2.23. The molecule has 0 atom stereocenters. The number of aromatic amines is 1. The molecular weight excluding hydrogens is 546 g/mol. The van der Waals surface area contributed by atoms with E-state index >= 15 is 4.39 Å². The number of benzene rings is 2. The first-order valence-corrected chi connectivity index (χ1v) is 13.4. The number of Topliss-reactive ketones (excluding diaryl/α,β-unsaturated/α-hetero) is 1. The number of rotatable bonds is 8. The Labute approximate surface area is 238 Å². The number of carbonyl (C=O) groups is 1. The maximum atomic E-state index is 15.2. The van der Waals surface area contributed by atoms with E-state index in [0.29, 0.717) is 33.9 Å². The van der Waals surface area contributed by atoms with Gasteiger partial charge in [-0.25, -0.2) is 18.7 Å². The summed E-state index contributed by atoms with van der Waals surface area (Å²) in [5.41, 5.74) is 0.194. The lowest BCUT2D eigenvalue weighted by Crippen LogP contribution is -2.35. The van der Waals surface area contributed by atoms with E-state index in [-0.39, 0.29) is 24.0 Å². The molecule has 5 aromatic rings. The number of piperidine rings is 1. The fraction of sp³-hybridized carbons (Fsp3) is 0.233. The van der Waals surface area contributed by atoms with Gasteiger partial charge < -0.3 is 14.4 Å². The van der Waals surface area contributed by atoms with Crippen molar-refractivity contribution in [3.63, 3.8) is 0 Å². The number of nitrogens with zero attached hydrogens (tertiary/aromatic N) is 5. The molecule has 10 nitrogen and oxygen atoms in total. The highest BCUT2D eigenvalue weighted by molar-refractivity contribution is 5.95. The van der Waals surface area contributed by atoms with Gasteiger partial charge in [0, 0.05) is 49.9 Å². The summed E-state index contributed by atoms with van der Waals surface area (Å²) >= 11 is 0. The van der Waals surface area contributed by atoms with Gasteiger partial charge in [0.15, 0.2) is 28.7 Å². The average Bonchev–Trinajstić information content (AvgIpc) is 3.40. The quantitative estimate of drug-likeness (QED) is 0.271. The summed E-state index contributed by atoms with van der Waals surface area (Å²) in [6.07, 6.45) is 5.66. The van der Waals surface area contributed by atoms with Gasteiger partial charge in [0.05, 0.1) is 0 Å². The molecule has 0 aliphatic carbocycles. The number of hydrogen-bond acceptors (Lipinski definition) is 8. The smallest absolute Gasteiger partial charge is 0.284 e. The van der Waals surface area contributed by atoms with Gasteiger partial charge in [-0.05, 0) is 61.9 Å². The van der Waals surface area contributed by atoms with Gasteiger partial charge >= 0.3 is 0 Å². The van der Waals surface area contributed by atoms with Crippen LogP contribution in [0.2, 0.25) is 0 Å². The average molecular weight is 573 g/mol. The summed E-state index contributed by atoms with van der Waals surface area (Å²) < 4.78 is 41.8. The van der Waals surface area contributed by atoms with Crippen molar-refractivity contribution in [3.05, 3.63) is 100 Å². The van der Waals surface area contributed by atoms with Crippen molar-refractivity contribution in [3.8, 4) is 23.1 Å². The number of nitrogens with one attached hydrogen (secondary N) is 1. The Balaban J connectivity index is 1.20. The molecular formula is C30H26F2N6O4. The van der Waals surface area contributed by atoms with Crippen LogP contribution in [-0.2, 0) is 6.42 Å². The Kier molecular flexibility index (Phi) is 7.44. The van der Waals surface area contributed by atoms with Crippen LogP contribution < -0.4 is 15.0 Å². The van der Waals surface area contributed by atoms with Crippen LogP contribution in [0.1, 0.15) is 28.9 Å². The summed E-state index contributed by atoms with van der Waals surface area (Å²) in [6.45, 7) is 1.83. The number of hydrogen-bond donors (Lipinski definition) is 1. The maximum Gasteiger partial charge on any atom is 0.284 e.